The summed E-state index contributed by atoms with van der Waals surface area (Å²) >= 11 is 5.47. The van der Waals surface area contributed by atoms with Crippen LogP contribution in [0.1, 0.15) is 11.3 Å². The molecule has 2 aromatic heterocycles. The molecule has 0 saturated carbocycles. The van der Waals surface area contributed by atoms with Crippen molar-refractivity contribution in [2.24, 2.45) is 0 Å². The topological polar surface area (TPSA) is 17.3 Å². The van der Waals surface area contributed by atoms with Gasteiger partial charge in [-0.25, -0.2) is 9.37 Å². The molecule has 5 heteroatoms. The molecule has 0 saturated heterocycles. The summed E-state index contributed by atoms with van der Waals surface area (Å²) in [5.41, 5.74) is 1.84. The van der Waals surface area contributed by atoms with Crippen LogP contribution in [0.4, 0.5) is 4.39 Å². The minimum atomic E-state index is -0.259. The highest BCUT2D eigenvalue weighted by molar-refractivity contribution is 14.1. The van der Waals surface area contributed by atoms with E-state index in [0.29, 0.717) is 11.2 Å². The van der Waals surface area contributed by atoms with Gasteiger partial charge < -0.3 is 0 Å². The van der Waals surface area contributed by atoms with Crippen LogP contribution in [0, 0.1) is 23.4 Å². The van der Waals surface area contributed by atoms with Crippen molar-refractivity contribution in [2.45, 2.75) is 13.8 Å². The van der Waals surface area contributed by atoms with Gasteiger partial charge in [-0.15, -0.1) is 0 Å². The highest BCUT2D eigenvalue weighted by atomic mass is 127. The summed E-state index contributed by atoms with van der Waals surface area (Å²) in [4.78, 5) is 4.17. The lowest BCUT2D eigenvalue weighted by Crippen LogP contribution is -1.95. The predicted octanol–water partition coefficient (Wildman–Crippen LogP) is 3.46. The zero-order chi connectivity index (χ0) is 10.5. The number of aromatic nitrogens is 2. The third kappa shape index (κ3) is 1.37. The Morgan fingerprint density at radius 3 is 2.79 bits per heavy atom. The standard InChI is InChI=1S/C9H7BrFIN2/c1-4-6(10)3-14-8(12)5(2)13-9(14)7(4)11/h3H,1-2H3. The summed E-state index contributed by atoms with van der Waals surface area (Å²) in [6.45, 7) is 3.60. The van der Waals surface area contributed by atoms with Crippen molar-refractivity contribution in [3.63, 3.8) is 0 Å². The normalized spacial score (nSPS) is 11.2. The van der Waals surface area contributed by atoms with Crippen LogP contribution in [0.25, 0.3) is 5.65 Å². The lowest BCUT2D eigenvalue weighted by Gasteiger charge is -2.02. The van der Waals surface area contributed by atoms with E-state index in [-0.39, 0.29) is 5.82 Å². The Morgan fingerprint density at radius 2 is 2.14 bits per heavy atom. The molecule has 2 aromatic rings. The van der Waals surface area contributed by atoms with Gasteiger partial charge >= 0.3 is 0 Å². The van der Waals surface area contributed by atoms with E-state index < -0.39 is 0 Å². The van der Waals surface area contributed by atoms with Crippen molar-refractivity contribution in [1.82, 2.24) is 9.38 Å². The maximum atomic E-state index is 13.7. The summed E-state index contributed by atoms with van der Waals surface area (Å²) in [6, 6.07) is 0. The van der Waals surface area contributed by atoms with E-state index >= 15 is 0 Å². The Hall–Kier alpha value is -0.170. The Bertz CT molecular complexity index is 521. The lowest BCUT2D eigenvalue weighted by molar-refractivity contribution is 0.619. The van der Waals surface area contributed by atoms with Crippen LogP contribution in [0.2, 0.25) is 0 Å². The zero-order valence-electron chi connectivity index (χ0n) is 7.61. The lowest BCUT2D eigenvalue weighted by atomic mass is 10.3. The van der Waals surface area contributed by atoms with Crippen LogP contribution in [-0.2, 0) is 0 Å². The first-order valence-corrected chi connectivity index (χ1v) is 5.88. The Labute approximate surface area is 103 Å². The van der Waals surface area contributed by atoms with E-state index in [1.54, 1.807) is 11.3 Å². The average molecular weight is 369 g/mol. The summed E-state index contributed by atoms with van der Waals surface area (Å²) in [7, 11) is 0. The van der Waals surface area contributed by atoms with Gasteiger partial charge in [0.25, 0.3) is 0 Å². The van der Waals surface area contributed by atoms with Gasteiger partial charge in [0.15, 0.2) is 11.5 Å². The molecule has 0 N–H and O–H groups in total. The first-order chi connectivity index (χ1) is 6.52. The molecule has 0 spiro atoms. The molecule has 0 amide bonds. The Balaban J connectivity index is 2.98. The minimum absolute atomic E-state index is 0.259. The molecule has 2 nitrogen and oxygen atoms in total. The molecule has 0 fully saturated rings. The molecule has 0 unspecified atom stereocenters. The molecular formula is C9H7BrFIN2. The molecule has 0 aliphatic carbocycles. The molecule has 0 atom stereocenters. The van der Waals surface area contributed by atoms with Gasteiger partial charge in [0.2, 0.25) is 0 Å². The van der Waals surface area contributed by atoms with E-state index in [1.807, 2.05) is 13.1 Å². The number of pyridine rings is 1. The molecule has 74 valence electrons. The SMILES string of the molecule is Cc1nc2c(F)c(C)c(Br)cn2c1I. The average Bonchev–Trinajstić information content (AvgIpc) is 2.42. The fourth-order valence-corrected chi connectivity index (χ4v) is 2.15. The molecular weight excluding hydrogens is 362 g/mol. The van der Waals surface area contributed by atoms with Gasteiger partial charge in [0.05, 0.1) is 5.69 Å². The fraction of sp³-hybridized carbons (Fsp3) is 0.222. The summed E-state index contributed by atoms with van der Waals surface area (Å²) in [5, 5.41) is 0. The second-order valence-electron chi connectivity index (χ2n) is 3.10. The number of fused-ring (bicyclic) bond motifs is 1. The molecule has 0 bridgehead atoms. The van der Waals surface area contributed by atoms with E-state index in [2.05, 4.69) is 43.5 Å². The number of rotatable bonds is 0. The van der Waals surface area contributed by atoms with Crippen LogP contribution >= 0.6 is 38.5 Å². The summed E-state index contributed by atoms with van der Waals surface area (Å²) < 4.78 is 17.2. The smallest absolute Gasteiger partial charge is 0.174 e. The highest BCUT2D eigenvalue weighted by Gasteiger charge is 2.13. The number of aryl methyl sites for hydroxylation is 1. The summed E-state index contributed by atoms with van der Waals surface area (Å²) in [6.07, 6.45) is 1.84. The maximum Gasteiger partial charge on any atom is 0.174 e. The first kappa shape index (κ1) is 10.4. The van der Waals surface area contributed by atoms with Crippen molar-refractivity contribution in [2.75, 3.05) is 0 Å². The molecule has 0 aliphatic heterocycles. The van der Waals surface area contributed by atoms with Crippen molar-refractivity contribution in [1.29, 1.82) is 0 Å². The minimum Gasteiger partial charge on any atom is -0.291 e. The molecule has 0 aliphatic rings. The maximum absolute atomic E-state index is 13.7. The third-order valence-electron chi connectivity index (χ3n) is 2.14. The quantitative estimate of drug-likeness (QED) is 0.651. The summed E-state index contributed by atoms with van der Waals surface area (Å²) in [5.74, 6) is -0.259. The molecule has 0 aromatic carbocycles. The fourth-order valence-electron chi connectivity index (χ4n) is 1.28. The number of nitrogens with zero attached hydrogens (tertiary/aromatic N) is 2. The Morgan fingerprint density at radius 1 is 1.50 bits per heavy atom. The molecule has 14 heavy (non-hydrogen) atoms. The van der Waals surface area contributed by atoms with E-state index in [9.17, 15) is 4.39 Å². The van der Waals surface area contributed by atoms with Crippen LogP contribution < -0.4 is 0 Å². The third-order valence-corrected chi connectivity index (χ3v) is 4.24. The van der Waals surface area contributed by atoms with Crippen LogP contribution in [0.3, 0.4) is 0 Å². The number of imidazole rings is 1. The van der Waals surface area contributed by atoms with Crippen LogP contribution in [0.5, 0.6) is 0 Å². The highest BCUT2D eigenvalue weighted by Crippen LogP contribution is 2.24. The number of hydrogen-bond acceptors (Lipinski definition) is 1. The second-order valence-corrected chi connectivity index (χ2v) is 4.97. The number of hydrogen-bond donors (Lipinski definition) is 0. The van der Waals surface area contributed by atoms with Gasteiger partial charge in [-0.2, -0.15) is 0 Å². The van der Waals surface area contributed by atoms with Crippen molar-refractivity contribution < 1.29 is 4.39 Å². The van der Waals surface area contributed by atoms with Gasteiger partial charge in [-0.1, -0.05) is 0 Å². The molecule has 2 rings (SSSR count). The molecule has 2 heterocycles. The van der Waals surface area contributed by atoms with Gasteiger partial charge in [0, 0.05) is 16.2 Å². The van der Waals surface area contributed by atoms with Crippen molar-refractivity contribution >= 4 is 44.2 Å². The van der Waals surface area contributed by atoms with E-state index in [0.717, 1.165) is 13.9 Å². The van der Waals surface area contributed by atoms with Crippen LogP contribution in [0.15, 0.2) is 10.7 Å². The monoisotopic (exact) mass is 368 g/mol. The zero-order valence-corrected chi connectivity index (χ0v) is 11.3. The van der Waals surface area contributed by atoms with Gasteiger partial charge in [0.1, 0.15) is 3.70 Å². The van der Waals surface area contributed by atoms with E-state index in [4.69, 9.17) is 0 Å². The second kappa shape index (κ2) is 3.44. The van der Waals surface area contributed by atoms with Crippen molar-refractivity contribution in [3.05, 3.63) is 31.4 Å². The Kier molecular flexibility index (Phi) is 2.55. The van der Waals surface area contributed by atoms with Gasteiger partial charge in [-0.05, 0) is 52.4 Å². The first-order valence-electron chi connectivity index (χ1n) is 4.01. The van der Waals surface area contributed by atoms with Crippen LogP contribution in [-0.4, -0.2) is 9.38 Å². The van der Waals surface area contributed by atoms with Gasteiger partial charge in [-0.3, -0.25) is 4.40 Å². The predicted molar refractivity (Wildman–Crippen MR) is 65.0 cm³/mol. The number of halogens is 3. The molecule has 0 radical (unpaired) electrons. The largest absolute Gasteiger partial charge is 0.291 e. The van der Waals surface area contributed by atoms with E-state index in [1.165, 1.54) is 0 Å². The van der Waals surface area contributed by atoms with Crippen molar-refractivity contribution in [3.8, 4) is 0 Å².